The average molecular weight is 305 g/mol. The second kappa shape index (κ2) is 4.94. The van der Waals surface area contributed by atoms with E-state index in [1.54, 1.807) is 6.07 Å². The molecule has 0 radical (unpaired) electrons. The maximum atomic E-state index is 12.4. The van der Waals surface area contributed by atoms with Crippen molar-refractivity contribution in [3.8, 4) is 0 Å². The third kappa shape index (κ3) is 2.86. The Morgan fingerprint density at radius 2 is 2.21 bits per heavy atom. The molecule has 106 valence electrons. The van der Waals surface area contributed by atoms with Gasteiger partial charge in [-0.2, -0.15) is 0 Å². The number of rotatable bonds is 3. The Kier molecular flexibility index (Phi) is 3.79. The predicted octanol–water partition coefficient (Wildman–Crippen LogP) is 1.77. The van der Waals surface area contributed by atoms with Crippen LogP contribution in [0, 0.1) is 0 Å². The van der Waals surface area contributed by atoms with Crippen LogP contribution in [-0.4, -0.2) is 26.7 Å². The summed E-state index contributed by atoms with van der Waals surface area (Å²) in [5, 5.41) is 0.329. The molecule has 1 aliphatic heterocycles. The molecule has 1 saturated heterocycles. The van der Waals surface area contributed by atoms with Crippen molar-refractivity contribution in [3.63, 3.8) is 0 Å². The number of anilines is 1. The molecule has 0 spiro atoms. The number of benzene rings is 1. The first-order chi connectivity index (χ1) is 8.74. The Morgan fingerprint density at radius 3 is 2.79 bits per heavy atom. The molecule has 0 saturated carbocycles. The standard InChI is InChI=1S/C12H17ClN2O3S/c1-8-12(2,5-6-18-8)15-19(16,17)11-7-9(13)3-4-10(11)14/h3-4,7-8,15H,5-6,14H2,1-2H3. The Bertz CT molecular complexity index is 591. The summed E-state index contributed by atoms with van der Waals surface area (Å²) in [6.07, 6.45) is 0.427. The molecular weight excluding hydrogens is 288 g/mol. The van der Waals surface area contributed by atoms with E-state index < -0.39 is 15.6 Å². The minimum atomic E-state index is -3.73. The smallest absolute Gasteiger partial charge is 0.243 e. The van der Waals surface area contributed by atoms with Crippen molar-refractivity contribution in [2.75, 3.05) is 12.3 Å². The third-order valence-corrected chi connectivity index (χ3v) is 5.42. The summed E-state index contributed by atoms with van der Waals surface area (Å²) in [6, 6.07) is 4.38. The molecule has 0 aliphatic carbocycles. The number of nitrogens with one attached hydrogen (secondary N) is 1. The van der Waals surface area contributed by atoms with Crippen LogP contribution in [-0.2, 0) is 14.8 Å². The zero-order chi connectivity index (χ0) is 14.3. The average Bonchev–Trinajstić information content (AvgIpc) is 2.61. The fourth-order valence-corrected chi connectivity index (χ4v) is 3.96. The highest BCUT2D eigenvalue weighted by atomic mass is 35.5. The highest BCUT2D eigenvalue weighted by molar-refractivity contribution is 7.89. The van der Waals surface area contributed by atoms with Gasteiger partial charge >= 0.3 is 0 Å². The number of nitrogen functional groups attached to an aromatic ring is 1. The molecule has 0 aromatic heterocycles. The normalized spacial score (nSPS) is 27.6. The van der Waals surface area contributed by atoms with E-state index in [2.05, 4.69) is 4.72 Å². The summed E-state index contributed by atoms with van der Waals surface area (Å²) in [5.41, 5.74) is 5.26. The lowest BCUT2D eigenvalue weighted by atomic mass is 9.97. The lowest BCUT2D eigenvalue weighted by Crippen LogP contribution is -2.50. The molecule has 1 heterocycles. The van der Waals surface area contributed by atoms with Gasteiger partial charge in [0.1, 0.15) is 4.90 Å². The minimum Gasteiger partial charge on any atom is -0.398 e. The number of nitrogens with two attached hydrogens (primary N) is 1. The van der Waals surface area contributed by atoms with Gasteiger partial charge in [0.25, 0.3) is 0 Å². The fourth-order valence-electron chi connectivity index (χ4n) is 2.07. The van der Waals surface area contributed by atoms with Crippen LogP contribution in [0.25, 0.3) is 0 Å². The topological polar surface area (TPSA) is 81.4 Å². The van der Waals surface area contributed by atoms with E-state index in [1.165, 1.54) is 12.1 Å². The van der Waals surface area contributed by atoms with Gasteiger partial charge in [-0.05, 0) is 38.5 Å². The molecule has 3 N–H and O–H groups in total. The van der Waals surface area contributed by atoms with E-state index >= 15 is 0 Å². The molecule has 2 rings (SSSR count). The van der Waals surface area contributed by atoms with E-state index in [4.69, 9.17) is 22.1 Å². The fraction of sp³-hybridized carbons (Fsp3) is 0.500. The first-order valence-corrected chi connectivity index (χ1v) is 7.81. The van der Waals surface area contributed by atoms with Crippen molar-refractivity contribution in [1.82, 2.24) is 4.72 Å². The lowest BCUT2D eigenvalue weighted by Gasteiger charge is -2.28. The molecule has 0 amide bonds. The first-order valence-electron chi connectivity index (χ1n) is 5.95. The highest BCUT2D eigenvalue weighted by Crippen LogP contribution is 2.29. The second-order valence-corrected chi connectivity index (χ2v) is 7.06. The van der Waals surface area contributed by atoms with E-state index in [9.17, 15) is 8.42 Å². The van der Waals surface area contributed by atoms with Gasteiger partial charge in [-0.15, -0.1) is 0 Å². The molecule has 0 bridgehead atoms. The molecule has 19 heavy (non-hydrogen) atoms. The maximum absolute atomic E-state index is 12.4. The Hall–Kier alpha value is -0.820. The zero-order valence-electron chi connectivity index (χ0n) is 10.8. The number of hydrogen-bond acceptors (Lipinski definition) is 4. The van der Waals surface area contributed by atoms with Gasteiger partial charge < -0.3 is 10.5 Å². The quantitative estimate of drug-likeness (QED) is 0.834. The first kappa shape index (κ1) is 14.6. The van der Waals surface area contributed by atoms with Gasteiger partial charge in [-0.3, -0.25) is 0 Å². The maximum Gasteiger partial charge on any atom is 0.243 e. The van der Waals surface area contributed by atoms with E-state index in [0.29, 0.717) is 18.1 Å². The van der Waals surface area contributed by atoms with Gasteiger partial charge in [0, 0.05) is 11.6 Å². The van der Waals surface area contributed by atoms with Gasteiger partial charge in [-0.1, -0.05) is 11.6 Å². The summed E-state index contributed by atoms with van der Waals surface area (Å²) in [4.78, 5) is 0.000301. The summed E-state index contributed by atoms with van der Waals surface area (Å²) in [7, 11) is -3.73. The van der Waals surface area contributed by atoms with Crippen molar-refractivity contribution in [1.29, 1.82) is 0 Å². The predicted molar refractivity (Wildman–Crippen MR) is 74.6 cm³/mol. The van der Waals surface area contributed by atoms with Crippen molar-refractivity contribution in [2.45, 2.75) is 36.8 Å². The summed E-state index contributed by atoms with van der Waals surface area (Å²) in [5.74, 6) is 0. The third-order valence-electron chi connectivity index (χ3n) is 3.52. The van der Waals surface area contributed by atoms with E-state index in [1.807, 2.05) is 13.8 Å². The molecule has 7 heteroatoms. The van der Waals surface area contributed by atoms with Crippen molar-refractivity contribution < 1.29 is 13.2 Å². The van der Waals surface area contributed by atoms with Crippen molar-refractivity contribution in [2.24, 2.45) is 0 Å². The Morgan fingerprint density at radius 1 is 1.53 bits per heavy atom. The van der Waals surface area contributed by atoms with E-state index in [-0.39, 0.29) is 16.7 Å². The number of ether oxygens (including phenoxy) is 1. The molecule has 5 nitrogen and oxygen atoms in total. The Balaban J connectivity index is 2.35. The van der Waals surface area contributed by atoms with Crippen LogP contribution < -0.4 is 10.5 Å². The van der Waals surface area contributed by atoms with Crippen molar-refractivity contribution >= 4 is 27.3 Å². The monoisotopic (exact) mass is 304 g/mol. The molecule has 1 fully saturated rings. The minimum absolute atomic E-state index is 0.000301. The number of halogens is 1. The SMILES string of the molecule is CC1OCCC1(C)NS(=O)(=O)c1cc(Cl)ccc1N. The van der Waals surface area contributed by atoms with Crippen LogP contribution in [0.2, 0.25) is 5.02 Å². The molecule has 1 aliphatic rings. The van der Waals surface area contributed by atoms with Crippen LogP contribution in [0.3, 0.4) is 0 Å². The van der Waals surface area contributed by atoms with Gasteiger partial charge in [0.2, 0.25) is 10.0 Å². The molecule has 1 aromatic rings. The highest BCUT2D eigenvalue weighted by Gasteiger charge is 2.41. The largest absolute Gasteiger partial charge is 0.398 e. The molecule has 2 unspecified atom stereocenters. The summed E-state index contributed by atoms with van der Waals surface area (Å²) >= 11 is 5.83. The van der Waals surface area contributed by atoms with Crippen LogP contribution in [0.5, 0.6) is 0 Å². The van der Waals surface area contributed by atoms with Crippen LogP contribution >= 0.6 is 11.6 Å². The van der Waals surface area contributed by atoms with Crippen LogP contribution in [0.1, 0.15) is 20.3 Å². The molecule has 2 atom stereocenters. The Labute approximate surface area is 118 Å². The van der Waals surface area contributed by atoms with Gasteiger partial charge in [0.05, 0.1) is 17.3 Å². The summed E-state index contributed by atoms with van der Waals surface area (Å²) < 4.78 is 32.9. The van der Waals surface area contributed by atoms with Crippen LogP contribution in [0.15, 0.2) is 23.1 Å². The second-order valence-electron chi connectivity index (χ2n) is 4.97. The van der Waals surface area contributed by atoms with Crippen molar-refractivity contribution in [3.05, 3.63) is 23.2 Å². The molecular formula is C12H17ClN2O3S. The number of sulfonamides is 1. The zero-order valence-corrected chi connectivity index (χ0v) is 12.4. The number of hydrogen-bond donors (Lipinski definition) is 2. The lowest BCUT2D eigenvalue weighted by molar-refractivity contribution is 0.0957. The van der Waals surface area contributed by atoms with E-state index in [0.717, 1.165) is 0 Å². The van der Waals surface area contributed by atoms with Gasteiger partial charge in [-0.25, -0.2) is 13.1 Å². The van der Waals surface area contributed by atoms with Crippen LogP contribution in [0.4, 0.5) is 5.69 Å². The summed E-state index contributed by atoms with van der Waals surface area (Å²) in [6.45, 7) is 4.20. The molecule has 1 aromatic carbocycles. The van der Waals surface area contributed by atoms with Gasteiger partial charge in [0.15, 0.2) is 0 Å².